The Kier molecular flexibility index (Phi) is 16.1. The molecule has 5 heteroatoms. The SMILES string of the molecule is C=CCOCCCCc1ccc(C(C(=O)C(c2ccc(CCCCOCC=C)cc2)c2cc(I)ccc2C)c2cc(I)ccc2C)cc1. The highest BCUT2D eigenvalue weighted by Crippen LogP contribution is 2.39. The number of Topliss-reactive ketones (excluding diaryl/α,β-unsaturated/α-hetero) is 1. The van der Waals surface area contributed by atoms with E-state index >= 15 is 4.79 Å². The van der Waals surface area contributed by atoms with Crippen molar-refractivity contribution in [2.24, 2.45) is 0 Å². The fraction of sp³-hybridized carbons (Fsp3) is 0.326. The largest absolute Gasteiger partial charge is 0.377 e. The molecule has 0 amide bonds. The summed E-state index contributed by atoms with van der Waals surface area (Å²) in [6, 6.07) is 30.4. The zero-order chi connectivity index (χ0) is 34.3. The van der Waals surface area contributed by atoms with Crippen LogP contribution in [-0.4, -0.2) is 32.2 Å². The van der Waals surface area contributed by atoms with Gasteiger partial charge in [0.25, 0.3) is 0 Å². The van der Waals surface area contributed by atoms with Crippen molar-refractivity contribution in [3.8, 4) is 0 Å². The number of hydrogen-bond donors (Lipinski definition) is 0. The molecule has 0 N–H and O–H groups in total. The second kappa shape index (κ2) is 20.2. The number of ketones is 1. The molecule has 0 fully saturated rings. The van der Waals surface area contributed by atoms with Gasteiger partial charge in [-0.2, -0.15) is 0 Å². The van der Waals surface area contributed by atoms with Crippen molar-refractivity contribution in [2.75, 3.05) is 26.4 Å². The van der Waals surface area contributed by atoms with Gasteiger partial charge in [0.1, 0.15) is 0 Å². The van der Waals surface area contributed by atoms with Crippen LogP contribution in [0.15, 0.2) is 110 Å². The Morgan fingerprint density at radius 1 is 0.625 bits per heavy atom. The van der Waals surface area contributed by atoms with Crippen molar-refractivity contribution >= 4 is 51.0 Å². The van der Waals surface area contributed by atoms with Crippen LogP contribution in [-0.2, 0) is 27.1 Å². The molecule has 0 spiro atoms. The number of halogens is 2. The van der Waals surface area contributed by atoms with E-state index in [1.165, 1.54) is 11.1 Å². The predicted molar refractivity (Wildman–Crippen MR) is 217 cm³/mol. The van der Waals surface area contributed by atoms with Gasteiger partial charge in [-0.25, -0.2) is 0 Å². The van der Waals surface area contributed by atoms with E-state index in [4.69, 9.17) is 9.47 Å². The number of unbranched alkanes of at least 4 members (excludes halogenated alkanes) is 2. The number of benzene rings is 4. The van der Waals surface area contributed by atoms with Gasteiger partial charge in [0.2, 0.25) is 0 Å². The molecule has 0 saturated carbocycles. The number of ether oxygens (including phenoxy) is 2. The normalized spacial score (nSPS) is 12.4. The van der Waals surface area contributed by atoms with Crippen LogP contribution in [0.2, 0.25) is 0 Å². The van der Waals surface area contributed by atoms with Crippen molar-refractivity contribution in [3.63, 3.8) is 0 Å². The molecule has 0 aromatic heterocycles. The minimum absolute atomic E-state index is 0.199. The molecule has 3 nitrogen and oxygen atoms in total. The van der Waals surface area contributed by atoms with Gasteiger partial charge < -0.3 is 9.47 Å². The van der Waals surface area contributed by atoms with Gasteiger partial charge in [0, 0.05) is 20.4 Å². The first kappa shape index (κ1) is 38.2. The van der Waals surface area contributed by atoms with Crippen LogP contribution in [0.1, 0.15) is 82.0 Å². The van der Waals surface area contributed by atoms with Gasteiger partial charge >= 0.3 is 0 Å². The maximum atomic E-state index is 15.3. The monoisotopic (exact) mass is 866 g/mol. The fourth-order valence-corrected chi connectivity index (χ4v) is 7.19. The van der Waals surface area contributed by atoms with E-state index < -0.39 is 11.8 Å². The van der Waals surface area contributed by atoms with Gasteiger partial charge in [-0.3, -0.25) is 4.79 Å². The maximum Gasteiger partial charge on any atom is 0.156 e. The second-order valence-electron chi connectivity index (χ2n) is 12.4. The zero-order valence-corrected chi connectivity index (χ0v) is 32.7. The molecule has 48 heavy (non-hydrogen) atoms. The molecule has 0 aliphatic heterocycles. The second-order valence-corrected chi connectivity index (χ2v) is 14.9. The average Bonchev–Trinajstić information content (AvgIpc) is 3.09. The lowest BCUT2D eigenvalue weighted by atomic mass is 9.75. The van der Waals surface area contributed by atoms with E-state index in [2.05, 4.69) is 157 Å². The summed E-state index contributed by atoms with van der Waals surface area (Å²) in [6.45, 7) is 14.4. The van der Waals surface area contributed by atoms with Crippen LogP contribution >= 0.6 is 45.2 Å². The molecule has 4 rings (SSSR count). The molecular formula is C43H48I2O3. The highest BCUT2D eigenvalue weighted by Gasteiger charge is 2.34. The van der Waals surface area contributed by atoms with Crippen LogP contribution in [0.25, 0.3) is 0 Å². The summed E-state index contributed by atoms with van der Waals surface area (Å²) in [5.41, 5.74) is 9.02. The Morgan fingerprint density at radius 2 is 1.02 bits per heavy atom. The molecule has 0 bridgehead atoms. The van der Waals surface area contributed by atoms with E-state index in [1.807, 2.05) is 0 Å². The summed E-state index contributed by atoms with van der Waals surface area (Å²) >= 11 is 4.73. The summed E-state index contributed by atoms with van der Waals surface area (Å²) in [5, 5.41) is 0. The molecule has 0 heterocycles. The molecule has 2 unspecified atom stereocenters. The Morgan fingerprint density at radius 3 is 1.40 bits per heavy atom. The summed E-state index contributed by atoms with van der Waals surface area (Å²) < 4.78 is 13.4. The van der Waals surface area contributed by atoms with Gasteiger partial charge in [-0.15, -0.1) is 13.2 Å². The molecule has 0 saturated heterocycles. The summed E-state index contributed by atoms with van der Waals surface area (Å²) in [4.78, 5) is 15.3. The lowest BCUT2D eigenvalue weighted by molar-refractivity contribution is -0.120. The first-order chi connectivity index (χ1) is 23.3. The van der Waals surface area contributed by atoms with Crippen molar-refractivity contribution < 1.29 is 14.3 Å². The zero-order valence-electron chi connectivity index (χ0n) is 28.4. The molecule has 4 aromatic carbocycles. The summed E-state index contributed by atoms with van der Waals surface area (Å²) in [6.07, 6.45) is 9.68. The van der Waals surface area contributed by atoms with Crippen LogP contribution in [0.4, 0.5) is 0 Å². The highest BCUT2D eigenvalue weighted by molar-refractivity contribution is 14.1. The fourth-order valence-electron chi connectivity index (χ4n) is 6.16. The van der Waals surface area contributed by atoms with Crippen LogP contribution < -0.4 is 0 Å². The number of carbonyl (C=O) groups is 1. The van der Waals surface area contributed by atoms with E-state index in [0.29, 0.717) is 13.2 Å². The Hall–Kier alpha value is -2.59. The highest BCUT2D eigenvalue weighted by atomic mass is 127. The Bertz CT molecular complexity index is 1500. The smallest absolute Gasteiger partial charge is 0.156 e. The lowest BCUT2D eigenvalue weighted by Crippen LogP contribution is -2.24. The van der Waals surface area contributed by atoms with E-state index in [0.717, 1.165) is 92.3 Å². The van der Waals surface area contributed by atoms with E-state index in [1.54, 1.807) is 12.2 Å². The van der Waals surface area contributed by atoms with Crippen molar-refractivity contribution in [2.45, 2.75) is 64.2 Å². The summed E-state index contributed by atoms with van der Waals surface area (Å²) in [7, 11) is 0. The van der Waals surface area contributed by atoms with Crippen molar-refractivity contribution in [3.05, 3.63) is 162 Å². The molecule has 252 valence electrons. The van der Waals surface area contributed by atoms with Crippen LogP contribution in [0.5, 0.6) is 0 Å². The minimum Gasteiger partial charge on any atom is -0.377 e. The van der Waals surface area contributed by atoms with Crippen LogP contribution in [0, 0.1) is 21.0 Å². The Balaban J connectivity index is 1.67. The summed E-state index contributed by atoms with van der Waals surface area (Å²) in [5.74, 6) is -0.610. The standard InChI is InChI=1S/C43H48I2O3/c1-5-25-47-27-9-7-11-33-15-19-35(20-16-33)41(39-29-37(44)23-13-31(39)3)43(46)42(40-30-38(45)24-14-32(40)4)36-21-17-34(18-22-36)12-8-10-28-48-26-6-2/h5-6,13-24,29-30,41-42H,1-2,7-12,25-28H2,3-4H3. The third-order valence-electron chi connectivity index (χ3n) is 8.78. The van der Waals surface area contributed by atoms with Gasteiger partial charge in [0.15, 0.2) is 5.78 Å². The topological polar surface area (TPSA) is 35.5 Å². The van der Waals surface area contributed by atoms with Gasteiger partial charge in [0.05, 0.1) is 25.0 Å². The van der Waals surface area contributed by atoms with E-state index in [-0.39, 0.29) is 5.78 Å². The first-order valence-electron chi connectivity index (χ1n) is 16.9. The average molecular weight is 867 g/mol. The molecule has 0 radical (unpaired) electrons. The lowest BCUT2D eigenvalue weighted by Gasteiger charge is -2.27. The van der Waals surface area contributed by atoms with E-state index in [9.17, 15) is 0 Å². The first-order valence-corrected chi connectivity index (χ1v) is 19.1. The third-order valence-corrected chi connectivity index (χ3v) is 10.1. The quantitative estimate of drug-likeness (QED) is 0.0504. The number of aryl methyl sites for hydroxylation is 4. The number of carbonyl (C=O) groups excluding carboxylic acids is 1. The molecule has 2 atom stereocenters. The molecular weight excluding hydrogens is 818 g/mol. The maximum absolute atomic E-state index is 15.3. The molecule has 0 aliphatic rings. The Labute approximate surface area is 315 Å². The number of hydrogen-bond acceptors (Lipinski definition) is 3. The minimum atomic E-state index is -0.404. The number of rotatable bonds is 20. The van der Waals surface area contributed by atoms with Crippen LogP contribution in [0.3, 0.4) is 0 Å². The predicted octanol–water partition coefficient (Wildman–Crippen LogP) is 11.1. The third kappa shape index (κ3) is 11.2. The molecule has 4 aromatic rings. The van der Waals surface area contributed by atoms with Gasteiger partial charge in [-0.05, 0) is 166 Å². The van der Waals surface area contributed by atoms with Crippen molar-refractivity contribution in [1.29, 1.82) is 0 Å². The van der Waals surface area contributed by atoms with Crippen molar-refractivity contribution in [1.82, 2.24) is 0 Å². The van der Waals surface area contributed by atoms with Gasteiger partial charge in [-0.1, -0.05) is 72.8 Å². The molecule has 0 aliphatic carbocycles.